The lowest BCUT2D eigenvalue weighted by atomic mass is 10.1. The van der Waals surface area contributed by atoms with Gasteiger partial charge in [-0.25, -0.2) is 0 Å². The van der Waals surface area contributed by atoms with Gasteiger partial charge in [0.05, 0.1) is 20.1 Å². The molecule has 0 heterocycles. The maximum atomic E-state index is 10.6. The molecule has 1 unspecified atom stereocenters. The van der Waals surface area contributed by atoms with Crippen LogP contribution in [0.25, 0.3) is 0 Å². The van der Waals surface area contributed by atoms with E-state index in [0.717, 1.165) is 12.0 Å². The van der Waals surface area contributed by atoms with Crippen molar-refractivity contribution in [3.8, 4) is 11.5 Å². The first-order valence-corrected chi connectivity index (χ1v) is 5.86. The van der Waals surface area contributed by atoms with E-state index in [9.17, 15) is 4.79 Å². The topological polar surface area (TPSA) is 87.6 Å². The fourth-order valence-corrected chi connectivity index (χ4v) is 1.59. The van der Waals surface area contributed by atoms with Gasteiger partial charge in [-0.1, -0.05) is 6.07 Å². The Morgan fingerprint density at radius 2 is 2.11 bits per heavy atom. The summed E-state index contributed by atoms with van der Waals surface area (Å²) in [5, 5.41) is 0. The first-order chi connectivity index (χ1) is 8.52. The minimum absolute atomic E-state index is 0.0938. The third-order valence-electron chi connectivity index (χ3n) is 2.39. The molecule has 0 saturated carbocycles. The molecule has 18 heavy (non-hydrogen) atoms. The number of methoxy groups -OCH3 is 1. The normalized spacial score (nSPS) is 11.9. The van der Waals surface area contributed by atoms with E-state index in [1.807, 2.05) is 25.1 Å². The third-order valence-corrected chi connectivity index (χ3v) is 2.39. The number of amides is 1. The number of primary amides is 1. The molecule has 100 valence electrons. The maximum absolute atomic E-state index is 10.6. The number of carbonyl (C=O) groups excluding carboxylic acids is 1. The van der Waals surface area contributed by atoms with Crippen molar-refractivity contribution in [3.63, 3.8) is 0 Å². The summed E-state index contributed by atoms with van der Waals surface area (Å²) in [5.74, 6) is 0.854. The van der Waals surface area contributed by atoms with Crippen LogP contribution in [0.15, 0.2) is 18.2 Å². The molecule has 1 aromatic rings. The van der Waals surface area contributed by atoms with Gasteiger partial charge in [0, 0.05) is 6.04 Å². The molecule has 0 radical (unpaired) electrons. The average Bonchev–Trinajstić information content (AvgIpc) is 2.29. The second-order valence-electron chi connectivity index (χ2n) is 4.23. The lowest BCUT2D eigenvalue weighted by Crippen LogP contribution is -2.17. The molecule has 0 aliphatic rings. The molecule has 0 saturated heterocycles. The highest BCUT2D eigenvalue weighted by atomic mass is 16.5. The zero-order valence-electron chi connectivity index (χ0n) is 10.8. The standard InChI is InChI=1S/C13H20N2O3/c1-9(14)7-10-3-4-11(12(8-10)17-2)18-6-5-13(15)16/h3-4,8-9H,5-7,14H2,1-2H3,(H2,15,16). The van der Waals surface area contributed by atoms with Crippen LogP contribution in [0, 0.1) is 0 Å². The monoisotopic (exact) mass is 252 g/mol. The zero-order chi connectivity index (χ0) is 13.5. The van der Waals surface area contributed by atoms with E-state index >= 15 is 0 Å². The largest absolute Gasteiger partial charge is 0.493 e. The second-order valence-corrected chi connectivity index (χ2v) is 4.23. The van der Waals surface area contributed by atoms with E-state index in [2.05, 4.69) is 0 Å². The van der Waals surface area contributed by atoms with E-state index in [0.29, 0.717) is 11.5 Å². The highest BCUT2D eigenvalue weighted by Crippen LogP contribution is 2.28. The van der Waals surface area contributed by atoms with E-state index in [1.165, 1.54) is 0 Å². The Bertz CT molecular complexity index is 405. The number of rotatable bonds is 7. The molecule has 1 atom stereocenters. The van der Waals surface area contributed by atoms with Crippen LogP contribution in [-0.2, 0) is 11.2 Å². The summed E-state index contributed by atoms with van der Waals surface area (Å²) in [6.45, 7) is 2.20. The first-order valence-electron chi connectivity index (χ1n) is 5.86. The fourth-order valence-electron chi connectivity index (χ4n) is 1.59. The minimum Gasteiger partial charge on any atom is -0.493 e. The number of carbonyl (C=O) groups is 1. The average molecular weight is 252 g/mol. The van der Waals surface area contributed by atoms with Crippen LogP contribution >= 0.6 is 0 Å². The Kier molecular flexibility index (Phi) is 5.45. The van der Waals surface area contributed by atoms with Crippen LogP contribution in [0.3, 0.4) is 0 Å². The van der Waals surface area contributed by atoms with Crippen molar-refractivity contribution in [3.05, 3.63) is 23.8 Å². The minimum atomic E-state index is -0.387. The zero-order valence-corrected chi connectivity index (χ0v) is 10.8. The Morgan fingerprint density at radius 1 is 1.39 bits per heavy atom. The van der Waals surface area contributed by atoms with Gasteiger partial charge < -0.3 is 20.9 Å². The summed E-state index contributed by atoms with van der Waals surface area (Å²) in [6, 6.07) is 5.74. The van der Waals surface area contributed by atoms with Gasteiger partial charge in [-0.3, -0.25) is 4.79 Å². The number of nitrogens with two attached hydrogens (primary N) is 2. The van der Waals surface area contributed by atoms with Crippen molar-refractivity contribution in [2.75, 3.05) is 13.7 Å². The summed E-state index contributed by atoms with van der Waals surface area (Å²) in [4.78, 5) is 10.6. The maximum Gasteiger partial charge on any atom is 0.220 e. The van der Waals surface area contributed by atoms with Gasteiger partial charge >= 0.3 is 0 Å². The predicted octanol–water partition coefficient (Wildman–Crippen LogP) is 0.839. The van der Waals surface area contributed by atoms with Crippen LogP contribution in [0.1, 0.15) is 18.9 Å². The Morgan fingerprint density at radius 3 is 2.67 bits per heavy atom. The smallest absolute Gasteiger partial charge is 0.220 e. The van der Waals surface area contributed by atoms with Crippen LogP contribution in [0.4, 0.5) is 0 Å². The van der Waals surface area contributed by atoms with Gasteiger partial charge in [0.15, 0.2) is 11.5 Å². The van der Waals surface area contributed by atoms with E-state index in [4.69, 9.17) is 20.9 Å². The van der Waals surface area contributed by atoms with Gasteiger partial charge in [0.1, 0.15) is 0 Å². The van der Waals surface area contributed by atoms with Crippen molar-refractivity contribution in [1.29, 1.82) is 0 Å². The SMILES string of the molecule is COc1cc(CC(C)N)ccc1OCCC(N)=O. The van der Waals surface area contributed by atoms with Gasteiger partial charge in [-0.05, 0) is 31.0 Å². The molecule has 1 aromatic carbocycles. The molecule has 0 fully saturated rings. The van der Waals surface area contributed by atoms with Crippen LogP contribution in [0.2, 0.25) is 0 Å². The highest BCUT2D eigenvalue weighted by molar-refractivity contribution is 5.73. The molecule has 0 spiro atoms. The molecule has 0 bridgehead atoms. The number of ether oxygens (including phenoxy) is 2. The summed E-state index contributed by atoms with van der Waals surface area (Å²) in [7, 11) is 1.58. The van der Waals surface area contributed by atoms with Gasteiger partial charge in [-0.2, -0.15) is 0 Å². The Hall–Kier alpha value is -1.75. The Labute approximate surface area is 107 Å². The van der Waals surface area contributed by atoms with Crippen molar-refractivity contribution in [1.82, 2.24) is 0 Å². The quantitative estimate of drug-likeness (QED) is 0.752. The molecule has 5 nitrogen and oxygen atoms in total. The molecule has 1 rings (SSSR count). The summed E-state index contributed by atoms with van der Waals surface area (Å²) in [5.41, 5.74) is 11.9. The Balaban J connectivity index is 2.70. The van der Waals surface area contributed by atoms with Crippen molar-refractivity contribution < 1.29 is 14.3 Å². The molecule has 5 heteroatoms. The summed E-state index contributed by atoms with van der Waals surface area (Å²) < 4.78 is 10.7. The number of hydrogen-bond donors (Lipinski definition) is 2. The molecule has 0 aliphatic heterocycles. The van der Waals surface area contributed by atoms with Crippen LogP contribution < -0.4 is 20.9 Å². The molecule has 1 amide bonds. The van der Waals surface area contributed by atoms with Crippen LogP contribution in [0.5, 0.6) is 11.5 Å². The lowest BCUT2D eigenvalue weighted by Gasteiger charge is -2.12. The fraction of sp³-hybridized carbons (Fsp3) is 0.462. The molecule has 0 aromatic heterocycles. The molecule has 4 N–H and O–H groups in total. The van der Waals surface area contributed by atoms with E-state index in [-0.39, 0.29) is 25.0 Å². The van der Waals surface area contributed by atoms with Gasteiger partial charge in [-0.15, -0.1) is 0 Å². The first kappa shape index (κ1) is 14.3. The highest BCUT2D eigenvalue weighted by Gasteiger charge is 2.07. The molecule has 0 aliphatic carbocycles. The lowest BCUT2D eigenvalue weighted by molar-refractivity contribution is -0.118. The second kappa shape index (κ2) is 6.86. The van der Waals surface area contributed by atoms with Crippen molar-refractivity contribution in [2.24, 2.45) is 11.5 Å². The molecular weight excluding hydrogens is 232 g/mol. The molecular formula is C13H20N2O3. The van der Waals surface area contributed by atoms with Crippen molar-refractivity contribution in [2.45, 2.75) is 25.8 Å². The van der Waals surface area contributed by atoms with E-state index < -0.39 is 0 Å². The van der Waals surface area contributed by atoms with E-state index in [1.54, 1.807) is 7.11 Å². The van der Waals surface area contributed by atoms with Crippen molar-refractivity contribution >= 4 is 5.91 Å². The van der Waals surface area contributed by atoms with Crippen LogP contribution in [-0.4, -0.2) is 25.7 Å². The summed E-state index contributed by atoms with van der Waals surface area (Å²) >= 11 is 0. The van der Waals surface area contributed by atoms with Gasteiger partial charge in [0.25, 0.3) is 0 Å². The number of hydrogen-bond acceptors (Lipinski definition) is 4. The predicted molar refractivity (Wildman–Crippen MR) is 69.7 cm³/mol. The number of benzene rings is 1. The third kappa shape index (κ3) is 4.63. The summed E-state index contributed by atoms with van der Waals surface area (Å²) in [6.07, 6.45) is 0.961. The van der Waals surface area contributed by atoms with Gasteiger partial charge in [0.2, 0.25) is 5.91 Å².